The molecule has 226 valence electrons. The van der Waals surface area contributed by atoms with Crippen LogP contribution in [-0.4, -0.2) is 23.3 Å². The van der Waals surface area contributed by atoms with Crippen molar-refractivity contribution < 1.29 is 23.4 Å². The van der Waals surface area contributed by atoms with Crippen molar-refractivity contribution in [2.24, 2.45) is 5.10 Å². The lowest BCUT2D eigenvalue weighted by Crippen LogP contribution is -2.16. The molecule has 0 aliphatic rings. The smallest absolute Gasteiger partial charge is 0.307 e. The zero-order valence-electron chi connectivity index (χ0n) is 24.5. The Labute approximate surface area is 265 Å². The van der Waals surface area contributed by atoms with Gasteiger partial charge in [-0.25, -0.2) is 5.43 Å². The maximum absolute atomic E-state index is 12.6. The summed E-state index contributed by atoms with van der Waals surface area (Å²) in [4.78, 5) is 12.6. The van der Waals surface area contributed by atoms with Crippen LogP contribution in [0.3, 0.4) is 0 Å². The van der Waals surface area contributed by atoms with Crippen LogP contribution in [0.5, 0.6) is 17.2 Å². The van der Waals surface area contributed by atoms with E-state index in [2.05, 4.69) is 41.1 Å². The molecule has 3 aromatic carbocycles. The maximum Gasteiger partial charge on any atom is 0.307 e. The number of nitrogens with zero attached hydrogens (tertiary/aromatic N) is 2. The highest BCUT2D eigenvalue weighted by atomic mass is 35.5. The number of hydrogen-bond acceptors (Lipinski definition) is 6. The predicted octanol–water partition coefficient (Wildman–Crippen LogP) is 8.31. The standard InChI is InChI=1S/C34H31Cl2N3O5/c1-4-41-33-17-24(7-15-31(33)43-20-25-8-9-26(35)18-30(25)36)19-37-38-34(40)32-16-14-29(44-32)21-42-28-12-10-27(11-13-28)39-22(2)5-6-23(39)3/h5-19H,4,20-21H2,1-3H3,(H,38,40)/b37-19+. The molecule has 5 rings (SSSR count). The van der Waals surface area contributed by atoms with Crippen molar-refractivity contribution in [2.45, 2.75) is 34.0 Å². The van der Waals surface area contributed by atoms with E-state index in [4.69, 9.17) is 41.8 Å². The van der Waals surface area contributed by atoms with Crippen molar-refractivity contribution >= 4 is 35.3 Å². The van der Waals surface area contributed by atoms with Gasteiger partial charge in [0.05, 0.1) is 12.8 Å². The van der Waals surface area contributed by atoms with Gasteiger partial charge >= 0.3 is 5.91 Å². The quantitative estimate of drug-likeness (QED) is 0.110. The number of aromatic nitrogens is 1. The minimum absolute atomic E-state index is 0.120. The molecule has 0 spiro atoms. The molecule has 5 aromatic rings. The predicted molar refractivity (Wildman–Crippen MR) is 172 cm³/mol. The van der Waals surface area contributed by atoms with E-state index in [0.717, 1.165) is 22.6 Å². The van der Waals surface area contributed by atoms with Gasteiger partial charge in [-0.2, -0.15) is 5.10 Å². The molecule has 0 aliphatic carbocycles. The summed E-state index contributed by atoms with van der Waals surface area (Å²) in [6, 6.07) is 25.9. The van der Waals surface area contributed by atoms with E-state index in [1.807, 2.05) is 37.3 Å². The molecule has 0 saturated heterocycles. The van der Waals surface area contributed by atoms with Crippen molar-refractivity contribution in [3.63, 3.8) is 0 Å². The SMILES string of the molecule is CCOc1cc(/C=N/NC(=O)c2ccc(COc3ccc(-n4c(C)ccc4C)cc3)o2)ccc1OCc1ccc(Cl)cc1Cl. The van der Waals surface area contributed by atoms with Gasteiger partial charge in [-0.1, -0.05) is 29.3 Å². The largest absolute Gasteiger partial charge is 0.490 e. The molecular weight excluding hydrogens is 601 g/mol. The first-order valence-electron chi connectivity index (χ1n) is 13.9. The second kappa shape index (κ2) is 14.2. The Kier molecular flexibility index (Phi) is 9.94. The third-order valence-corrected chi connectivity index (χ3v) is 7.27. The highest BCUT2D eigenvalue weighted by molar-refractivity contribution is 6.35. The highest BCUT2D eigenvalue weighted by Crippen LogP contribution is 2.30. The molecule has 44 heavy (non-hydrogen) atoms. The van der Waals surface area contributed by atoms with Gasteiger partial charge < -0.3 is 23.2 Å². The Morgan fingerprint density at radius 2 is 1.64 bits per heavy atom. The number of carbonyl (C=O) groups is 1. The lowest BCUT2D eigenvalue weighted by atomic mass is 10.2. The van der Waals surface area contributed by atoms with Crippen LogP contribution in [0.1, 0.15) is 45.8 Å². The normalized spacial score (nSPS) is 11.1. The number of rotatable bonds is 12. The monoisotopic (exact) mass is 631 g/mol. The molecule has 0 atom stereocenters. The summed E-state index contributed by atoms with van der Waals surface area (Å²) in [6.07, 6.45) is 1.51. The minimum atomic E-state index is -0.487. The molecule has 2 heterocycles. The van der Waals surface area contributed by atoms with Crippen molar-refractivity contribution in [1.82, 2.24) is 9.99 Å². The summed E-state index contributed by atoms with van der Waals surface area (Å²) in [5, 5.41) is 5.14. The molecular formula is C34H31Cl2N3O5. The second-order valence-electron chi connectivity index (χ2n) is 9.86. The fourth-order valence-corrected chi connectivity index (χ4v) is 4.97. The van der Waals surface area contributed by atoms with E-state index in [9.17, 15) is 4.79 Å². The Hall–Kier alpha value is -4.66. The van der Waals surface area contributed by atoms with Gasteiger partial charge in [0.2, 0.25) is 0 Å². The van der Waals surface area contributed by atoms with E-state index in [0.29, 0.717) is 45.2 Å². The summed E-state index contributed by atoms with van der Waals surface area (Å²) in [5.41, 5.74) is 7.37. The Morgan fingerprint density at radius 3 is 2.36 bits per heavy atom. The molecule has 1 amide bonds. The number of hydrogen-bond donors (Lipinski definition) is 1. The van der Waals surface area contributed by atoms with E-state index >= 15 is 0 Å². The third kappa shape index (κ3) is 7.64. The Balaban J connectivity index is 1.14. The van der Waals surface area contributed by atoms with Crippen LogP contribution in [0, 0.1) is 13.8 Å². The second-order valence-corrected chi connectivity index (χ2v) is 10.7. The average Bonchev–Trinajstić information content (AvgIpc) is 3.63. The summed E-state index contributed by atoms with van der Waals surface area (Å²) < 4.78 is 25.4. The van der Waals surface area contributed by atoms with Crippen LogP contribution in [0.15, 0.2) is 94.4 Å². The molecule has 1 N–H and O–H groups in total. The van der Waals surface area contributed by atoms with Crippen LogP contribution in [0.2, 0.25) is 10.0 Å². The molecule has 0 saturated carbocycles. The molecule has 0 unspecified atom stereocenters. The van der Waals surface area contributed by atoms with E-state index in [1.165, 1.54) is 6.21 Å². The van der Waals surface area contributed by atoms with Gasteiger partial charge in [-0.3, -0.25) is 4.79 Å². The zero-order valence-corrected chi connectivity index (χ0v) is 26.0. The number of ether oxygens (including phenoxy) is 3. The van der Waals surface area contributed by atoms with Gasteiger partial charge in [-0.05, 0) is 105 Å². The van der Waals surface area contributed by atoms with Crippen LogP contribution >= 0.6 is 23.2 Å². The van der Waals surface area contributed by atoms with Crippen molar-refractivity contribution in [1.29, 1.82) is 0 Å². The first-order chi connectivity index (χ1) is 21.3. The summed E-state index contributed by atoms with van der Waals surface area (Å²) >= 11 is 12.2. The molecule has 2 aromatic heterocycles. The Bertz CT molecular complexity index is 1760. The minimum Gasteiger partial charge on any atom is -0.490 e. The number of carbonyl (C=O) groups excluding carboxylic acids is 1. The van der Waals surface area contributed by atoms with Gasteiger partial charge in [0.15, 0.2) is 17.3 Å². The van der Waals surface area contributed by atoms with Crippen LogP contribution < -0.4 is 19.6 Å². The Morgan fingerprint density at radius 1 is 0.864 bits per heavy atom. The van der Waals surface area contributed by atoms with E-state index in [-0.39, 0.29) is 19.0 Å². The van der Waals surface area contributed by atoms with E-state index in [1.54, 1.807) is 42.5 Å². The molecule has 0 radical (unpaired) electrons. The first kappa shape index (κ1) is 30.8. The summed E-state index contributed by atoms with van der Waals surface area (Å²) in [5.74, 6) is 1.92. The number of benzene rings is 3. The number of halogens is 2. The van der Waals surface area contributed by atoms with Crippen LogP contribution in [-0.2, 0) is 13.2 Å². The number of amides is 1. The molecule has 0 aliphatic heterocycles. The highest BCUT2D eigenvalue weighted by Gasteiger charge is 2.12. The summed E-state index contributed by atoms with van der Waals surface area (Å²) in [6.45, 7) is 6.89. The number of hydrazone groups is 1. The lowest BCUT2D eigenvalue weighted by Gasteiger charge is -2.13. The molecule has 0 fully saturated rings. The first-order valence-corrected chi connectivity index (χ1v) is 14.7. The lowest BCUT2D eigenvalue weighted by molar-refractivity contribution is 0.0923. The topological polar surface area (TPSA) is 87.2 Å². The summed E-state index contributed by atoms with van der Waals surface area (Å²) in [7, 11) is 0. The number of aryl methyl sites for hydroxylation is 2. The fraction of sp³-hybridized carbons (Fsp3) is 0.176. The zero-order chi connectivity index (χ0) is 31.1. The van der Waals surface area contributed by atoms with Gasteiger partial charge in [0, 0.05) is 32.7 Å². The van der Waals surface area contributed by atoms with Crippen molar-refractivity contribution in [3.05, 3.63) is 129 Å². The number of nitrogens with one attached hydrogen (secondary N) is 1. The third-order valence-electron chi connectivity index (χ3n) is 6.68. The van der Waals surface area contributed by atoms with Gasteiger partial charge in [0.25, 0.3) is 0 Å². The van der Waals surface area contributed by atoms with E-state index < -0.39 is 5.91 Å². The van der Waals surface area contributed by atoms with Gasteiger partial charge in [-0.15, -0.1) is 0 Å². The maximum atomic E-state index is 12.6. The van der Waals surface area contributed by atoms with Gasteiger partial charge in [0.1, 0.15) is 24.7 Å². The molecule has 10 heteroatoms. The van der Waals surface area contributed by atoms with Crippen LogP contribution in [0.4, 0.5) is 0 Å². The molecule has 8 nitrogen and oxygen atoms in total. The molecule has 0 bridgehead atoms. The fourth-order valence-electron chi connectivity index (χ4n) is 4.51. The van der Waals surface area contributed by atoms with Crippen molar-refractivity contribution in [2.75, 3.05) is 6.61 Å². The van der Waals surface area contributed by atoms with Crippen LogP contribution in [0.25, 0.3) is 5.69 Å². The van der Waals surface area contributed by atoms with Crippen molar-refractivity contribution in [3.8, 4) is 22.9 Å². The number of furan rings is 1. The average molecular weight is 633 g/mol.